The largest absolute Gasteiger partial charge is 0.481 e. The van der Waals surface area contributed by atoms with E-state index in [-0.39, 0.29) is 5.91 Å². The molecule has 0 radical (unpaired) electrons. The zero-order chi connectivity index (χ0) is 16.9. The fourth-order valence-electron chi connectivity index (χ4n) is 3.03. The predicted molar refractivity (Wildman–Crippen MR) is 97.9 cm³/mol. The first kappa shape index (κ1) is 16.8. The molecule has 1 aliphatic rings. The van der Waals surface area contributed by atoms with Crippen LogP contribution < -0.4 is 10.1 Å². The van der Waals surface area contributed by atoms with Crippen molar-refractivity contribution < 1.29 is 9.53 Å². The SMILES string of the molecule is CC[C@@H](Oc1ccc2c(c1)CCCC2)C(=O)Nc1ccc(Cl)cc1. The van der Waals surface area contributed by atoms with Gasteiger partial charge in [0, 0.05) is 10.7 Å². The fourth-order valence-corrected chi connectivity index (χ4v) is 3.15. The van der Waals surface area contributed by atoms with Gasteiger partial charge in [0.2, 0.25) is 0 Å². The van der Waals surface area contributed by atoms with Crippen molar-refractivity contribution in [3.63, 3.8) is 0 Å². The van der Waals surface area contributed by atoms with Crippen LogP contribution >= 0.6 is 11.6 Å². The van der Waals surface area contributed by atoms with E-state index in [4.69, 9.17) is 16.3 Å². The molecular weight excluding hydrogens is 322 g/mol. The molecular formula is C20H22ClNO2. The summed E-state index contributed by atoms with van der Waals surface area (Å²) in [4.78, 5) is 12.5. The lowest BCUT2D eigenvalue weighted by atomic mass is 9.92. The summed E-state index contributed by atoms with van der Waals surface area (Å²) in [7, 11) is 0. The van der Waals surface area contributed by atoms with Gasteiger partial charge in [0.25, 0.3) is 5.91 Å². The second-order valence-corrected chi connectivity index (χ2v) is 6.58. The van der Waals surface area contributed by atoms with Gasteiger partial charge in [-0.25, -0.2) is 0 Å². The summed E-state index contributed by atoms with van der Waals surface area (Å²) >= 11 is 5.87. The van der Waals surface area contributed by atoms with Crippen molar-refractivity contribution in [2.75, 3.05) is 5.32 Å². The number of carbonyl (C=O) groups excluding carboxylic acids is 1. The van der Waals surface area contributed by atoms with Crippen LogP contribution in [0.5, 0.6) is 5.75 Å². The Balaban J connectivity index is 1.67. The third-order valence-corrected chi connectivity index (χ3v) is 4.63. The summed E-state index contributed by atoms with van der Waals surface area (Å²) in [6.45, 7) is 1.95. The van der Waals surface area contributed by atoms with Crippen molar-refractivity contribution >= 4 is 23.2 Å². The van der Waals surface area contributed by atoms with E-state index in [2.05, 4.69) is 17.4 Å². The van der Waals surface area contributed by atoms with Gasteiger partial charge < -0.3 is 10.1 Å². The van der Waals surface area contributed by atoms with E-state index in [0.29, 0.717) is 11.4 Å². The molecule has 3 nitrogen and oxygen atoms in total. The first-order chi connectivity index (χ1) is 11.7. The van der Waals surface area contributed by atoms with E-state index < -0.39 is 6.10 Å². The Labute approximate surface area is 148 Å². The van der Waals surface area contributed by atoms with Crippen LogP contribution in [0.3, 0.4) is 0 Å². The first-order valence-corrected chi connectivity index (χ1v) is 8.88. The van der Waals surface area contributed by atoms with Gasteiger partial charge in [0.1, 0.15) is 5.75 Å². The lowest BCUT2D eigenvalue weighted by molar-refractivity contribution is -0.122. The molecule has 3 rings (SSSR count). The number of anilines is 1. The third-order valence-electron chi connectivity index (χ3n) is 4.37. The van der Waals surface area contributed by atoms with E-state index >= 15 is 0 Å². The Hall–Kier alpha value is -2.00. The van der Waals surface area contributed by atoms with Crippen molar-refractivity contribution in [1.29, 1.82) is 0 Å². The molecule has 1 amide bonds. The monoisotopic (exact) mass is 343 g/mol. The molecule has 0 spiro atoms. The fraction of sp³-hybridized carbons (Fsp3) is 0.350. The maximum Gasteiger partial charge on any atom is 0.265 e. The highest BCUT2D eigenvalue weighted by Crippen LogP contribution is 2.26. The second-order valence-electron chi connectivity index (χ2n) is 6.15. The molecule has 1 atom stereocenters. The number of carbonyl (C=O) groups is 1. The highest BCUT2D eigenvalue weighted by atomic mass is 35.5. The topological polar surface area (TPSA) is 38.3 Å². The quantitative estimate of drug-likeness (QED) is 0.828. The molecule has 126 valence electrons. The van der Waals surface area contributed by atoms with Gasteiger partial charge in [-0.3, -0.25) is 4.79 Å². The summed E-state index contributed by atoms with van der Waals surface area (Å²) in [5, 5.41) is 3.52. The molecule has 2 aromatic rings. The zero-order valence-electron chi connectivity index (χ0n) is 13.8. The van der Waals surface area contributed by atoms with Crippen LogP contribution in [0.4, 0.5) is 5.69 Å². The number of hydrogen-bond acceptors (Lipinski definition) is 2. The summed E-state index contributed by atoms with van der Waals surface area (Å²) in [6.07, 6.45) is 4.82. The molecule has 1 aliphatic carbocycles. The van der Waals surface area contributed by atoms with E-state index in [9.17, 15) is 4.79 Å². The minimum absolute atomic E-state index is 0.141. The third kappa shape index (κ3) is 4.09. The van der Waals surface area contributed by atoms with E-state index in [1.807, 2.05) is 13.0 Å². The van der Waals surface area contributed by atoms with Crippen molar-refractivity contribution in [1.82, 2.24) is 0 Å². The Morgan fingerprint density at radius 3 is 2.54 bits per heavy atom. The van der Waals surface area contributed by atoms with E-state index in [1.165, 1.54) is 24.0 Å². The Bertz CT molecular complexity index is 712. The number of fused-ring (bicyclic) bond motifs is 1. The van der Waals surface area contributed by atoms with Crippen LogP contribution in [0, 0.1) is 0 Å². The molecule has 0 aliphatic heterocycles. The number of nitrogens with one attached hydrogen (secondary N) is 1. The molecule has 0 unspecified atom stereocenters. The van der Waals surface area contributed by atoms with Gasteiger partial charge in [-0.1, -0.05) is 24.6 Å². The van der Waals surface area contributed by atoms with Crippen molar-refractivity contribution in [3.05, 3.63) is 58.6 Å². The standard InChI is InChI=1S/C20H22ClNO2/c1-2-19(20(23)22-17-10-8-16(21)9-11-17)24-18-12-7-14-5-3-4-6-15(14)13-18/h7-13,19H,2-6H2,1H3,(H,22,23)/t19-/m1/s1. The van der Waals surface area contributed by atoms with Crippen LogP contribution in [0.15, 0.2) is 42.5 Å². The normalized spacial score (nSPS) is 14.6. The summed E-state index contributed by atoms with van der Waals surface area (Å²) in [5.74, 6) is 0.631. The van der Waals surface area contributed by atoms with Gasteiger partial charge in [0.05, 0.1) is 0 Å². The number of ether oxygens (including phenoxy) is 1. The Kier molecular flexibility index (Phi) is 5.41. The highest BCUT2D eigenvalue weighted by molar-refractivity contribution is 6.30. The molecule has 4 heteroatoms. The lowest BCUT2D eigenvalue weighted by Crippen LogP contribution is -2.32. The maximum absolute atomic E-state index is 12.5. The molecule has 0 bridgehead atoms. The van der Waals surface area contributed by atoms with Crippen molar-refractivity contribution in [2.45, 2.75) is 45.1 Å². The maximum atomic E-state index is 12.5. The summed E-state index contributed by atoms with van der Waals surface area (Å²) in [6, 6.07) is 13.3. The van der Waals surface area contributed by atoms with E-state index in [0.717, 1.165) is 24.3 Å². The van der Waals surface area contributed by atoms with Gasteiger partial charge in [-0.05, 0) is 79.6 Å². The van der Waals surface area contributed by atoms with Gasteiger partial charge in [0.15, 0.2) is 6.10 Å². The predicted octanol–water partition coefficient (Wildman–Crippen LogP) is 5.01. The Morgan fingerprint density at radius 1 is 1.12 bits per heavy atom. The van der Waals surface area contributed by atoms with Crippen LogP contribution in [0.25, 0.3) is 0 Å². The molecule has 0 heterocycles. The number of benzene rings is 2. The number of amides is 1. The average Bonchev–Trinajstić information content (AvgIpc) is 2.61. The lowest BCUT2D eigenvalue weighted by Gasteiger charge is -2.20. The second kappa shape index (κ2) is 7.71. The van der Waals surface area contributed by atoms with Gasteiger partial charge >= 0.3 is 0 Å². The molecule has 0 fully saturated rings. The van der Waals surface area contributed by atoms with Gasteiger partial charge in [-0.15, -0.1) is 0 Å². The van der Waals surface area contributed by atoms with Crippen LogP contribution in [0.1, 0.15) is 37.3 Å². The molecule has 2 aromatic carbocycles. The number of aryl methyl sites for hydroxylation is 2. The number of halogens is 1. The summed E-state index contributed by atoms with van der Waals surface area (Å²) < 4.78 is 5.95. The molecule has 0 saturated heterocycles. The molecule has 1 N–H and O–H groups in total. The molecule has 0 aromatic heterocycles. The minimum Gasteiger partial charge on any atom is -0.481 e. The van der Waals surface area contributed by atoms with Crippen molar-refractivity contribution in [3.8, 4) is 5.75 Å². The van der Waals surface area contributed by atoms with Gasteiger partial charge in [-0.2, -0.15) is 0 Å². The first-order valence-electron chi connectivity index (χ1n) is 8.50. The number of hydrogen-bond donors (Lipinski definition) is 1. The minimum atomic E-state index is -0.512. The van der Waals surface area contributed by atoms with Crippen LogP contribution in [-0.4, -0.2) is 12.0 Å². The number of rotatable bonds is 5. The highest BCUT2D eigenvalue weighted by Gasteiger charge is 2.19. The molecule has 24 heavy (non-hydrogen) atoms. The smallest absolute Gasteiger partial charge is 0.265 e. The van der Waals surface area contributed by atoms with Crippen LogP contribution in [-0.2, 0) is 17.6 Å². The van der Waals surface area contributed by atoms with Crippen molar-refractivity contribution in [2.24, 2.45) is 0 Å². The summed E-state index contributed by atoms with van der Waals surface area (Å²) in [5.41, 5.74) is 3.48. The van der Waals surface area contributed by atoms with Crippen LogP contribution in [0.2, 0.25) is 5.02 Å². The Morgan fingerprint density at radius 2 is 1.83 bits per heavy atom. The average molecular weight is 344 g/mol. The zero-order valence-corrected chi connectivity index (χ0v) is 14.6. The molecule has 0 saturated carbocycles. The van der Waals surface area contributed by atoms with E-state index in [1.54, 1.807) is 24.3 Å².